The van der Waals surface area contributed by atoms with Gasteiger partial charge < -0.3 is 15.8 Å². The maximum Gasteiger partial charge on any atom is 0.310 e. The Balaban J connectivity index is 1.35. The Bertz CT molecular complexity index is 1130. The number of ether oxygens (including phenoxy) is 1. The minimum absolute atomic E-state index is 0.0404. The number of nitrogen functional groups attached to an aromatic ring is 1. The second kappa shape index (κ2) is 8.82. The predicted octanol–water partition coefficient (Wildman–Crippen LogP) is 2.67. The van der Waals surface area contributed by atoms with Gasteiger partial charge in [-0.2, -0.15) is 20.1 Å². The molecule has 9 nitrogen and oxygen atoms in total. The van der Waals surface area contributed by atoms with Crippen molar-refractivity contribution in [2.45, 2.75) is 13.0 Å². The summed E-state index contributed by atoms with van der Waals surface area (Å²) < 4.78 is 7.00. The van der Waals surface area contributed by atoms with Crippen molar-refractivity contribution in [3.05, 3.63) is 84.4 Å². The summed E-state index contributed by atoms with van der Waals surface area (Å²) in [7, 11) is 0. The summed E-state index contributed by atoms with van der Waals surface area (Å²) in [4.78, 5) is 24.5. The zero-order chi connectivity index (χ0) is 20.8. The number of carbonyl (C=O) groups is 1. The fraction of sp³-hybridized carbons (Fsp3) is 0.0952. The number of hydrogen-bond donors (Lipinski definition) is 2. The zero-order valence-electron chi connectivity index (χ0n) is 16.0. The van der Waals surface area contributed by atoms with Crippen LogP contribution in [0, 0.1) is 0 Å². The highest BCUT2D eigenvalue weighted by molar-refractivity contribution is 5.72. The lowest BCUT2D eigenvalue weighted by molar-refractivity contribution is -0.144. The first-order valence-electron chi connectivity index (χ1n) is 9.23. The molecule has 0 bridgehead atoms. The van der Waals surface area contributed by atoms with E-state index in [0.29, 0.717) is 0 Å². The van der Waals surface area contributed by atoms with Gasteiger partial charge in [0.15, 0.2) is 12.4 Å². The van der Waals surface area contributed by atoms with Gasteiger partial charge in [-0.15, -0.1) is 0 Å². The maximum atomic E-state index is 12.2. The smallest absolute Gasteiger partial charge is 0.310 e. The highest BCUT2D eigenvalue weighted by atomic mass is 16.5. The van der Waals surface area contributed by atoms with Crippen LogP contribution >= 0.6 is 0 Å². The number of nitrogens with zero attached hydrogens (tertiary/aromatic N) is 5. The van der Waals surface area contributed by atoms with E-state index in [2.05, 4.69) is 25.4 Å². The summed E-state index contributed by atoms with van der Waals surface area (Å²) in [5.74, 6) is 0.163. The van der Waals surface area contributed by atoms with E-state index in [1.54, 1.807) is 17.1 Å². The molecule has 0 fully saturated rings. The Labute approximate surface area is 172 Å². The number of anilines is 3. The molecule has 0 atom stereocenters. The van der Waals surface area contributed by atoms with Crippen LogP contribution in [0.15, 0.2) is 73.1 Å². The average molecular weight is 401 g/mol. The summed E-state index contributed by atoms with van der Waals surface area (Å²) in [5, 5.41) is 7.31. The Morgan fingerprint density at radius 2 is 1.73 bits per heavy atom. The number of nitrogens with two attached hydrogens (primary N) is 1. The number of esters is 1. The first kappa shape index (κ1) is 19.1. The van der Waals surface area contributed by atoms with Gasteiger partial charge in [0.1, 0.15) is 0 Å². The molecule has 0 saturated heterocycles. The lowest BCUT2D eigenvalue weighted by atomic mass is 10.2. The molecule has 2 aromatic carbocycles. The third-order valence-electron chi connectivity index (χ3n) is 4.10. The lowest BCUT2D eigenvalue weighted by Gasteiger charge is -2.08. The van der Waals surface area contributed by atoms with Crippen LogP contribution in [-0.2, 0) is 22.6 Å². The van der Waals surface area contributed by atoms with E-state index < -0.39 is 5.97 Å². The van der Waals surface area contributed by atoms with Crippen molar-refractivity contribution in [1.29, 1.82) is 0 Å². The molecule has 2 aromatic heterocycles. The van der Waals surface area contributed by atoms with Gasteiger partial charge in [0.05, 0.1) is 18.3 Å². The van der Waals surface area contributed by atoms with Crippen molar-refractivity contribution in [3.63, 3.8) is 0 Å². The van der Waals surface area contributed by atoms with Gasteiger partial charge >= 0.3 is 5.97 Å². The van der Waals surface area contributed by atoms with Crippen LogP contribution in [0.2, 0.25) is 0 Å². The molecule has 4 aromatic rings. The number of para-hydroxylation sites is 2. The standard InChI is InChI=1S/C21H19N7O2/c22-20-25-18(26-21(27-20)24-16-7-3-1-4-8-16)14-30-19(29)11-15-12-23-28(13-15)17-9-5-2-6-10-17/h1-10,12-13H,11,14H2,(H3,22,24,25,26,27). The van der Waals surface area contributed by atoms with Crippen molar-refractivity contribution in [2.24, 2.45) is 0 Å². The number of hydrogen-bond acceptors (Lipinski definition) is 8. The Hall–Kier alpha value is -4.27. The van der Waals surface area contributed by atoms with Gasteiger partial charge in [0.2, 0.25) is 11.9 Å². The molecule has 0 aliphatic rings. The highest BCUT2D eigenvalue weighted by Gasteiger charge is 2.11. The molecule has 30 heavy (non-hydrogen) atoms. The Morgan fingerprint density at radius 1 is 1.00 bits per heavy atom. The first-order chi connectivity index (χ1) is 14.7. The Kier molecular flexibility index (Phi) is 5.61. The number of carbonyl (C=O) groups excluding carboxylic acids is 1. The highest BCUT2D eigenvalue weighted by Crippen LogP contribution is 2.13. The largest absolute Gasteiger partial charge is 0.457 e. The molecule has 0 aliphatic heterocycles. The molecule has 9 heteroatoms. The maximum absolute atomic E-state index is 12.2. The van der Waals surface area contributed by atoms with Crippen molar-refractivity contribution in [2.75, 3.05) is 11.1 Å². The van der Waals surface area contributed by atoms with E-state index >= 15 is 0 Å². The summed E-state index contributed by atoms with van der Waals surface area (Å²) in [6, 6.07) is 19.1. The van der Waals surface area contributed by atoms with Crippen LogP contribution in [0.1, 0.15) is 11.4 Å². The molecule has 0 saturated carbocycles. The average Bonchev–Trinajstić information content (AvgIpc) is 3.22. The predicted molar refractivity (Wildman–Crippen MR) is 111 cm³/mol. The number of aromatic nitrogens is 5. The molecule has 3 N–H and O–H groups in total. The molecule has 150 valence electrons. The molecule has 0 radical (unpaired) electrons. The van der Waals surface area contributed by atoms with Crippen LogP contribution in [0.5, 0.6) is 0 Å². The second-order valence-electron chi connectivity index (χ2n) is 6.39. The third-order valence-corrected chi connectivity index (χ3v) is 4.10. The molecular formula is C21H19N7O2. The van der Waals surface area contributed by atoms with Crippen molar-refractivity contribution in [3.8, 4) is 5.69 Å². The van der Waals surface area contributed by atoms with Crippen LogP contribution in [0.3, 0.4) is 0 Å². The van der Waals surface area contributed by atoms with Crippen molar-refractivity contribution in [1.82, 2.24) is 24.7 Å². The molecular weight excluding hydrogens is 382 g/mol. The molecule has 0 aliphatic carbocycles. The normalized spacial score (nSPS) is 10.5. The van der Waals surface area contributed by atoms with E-state index in [0.717, 1.165) is 16.9 Å². The molecule has 2 heterocycles. The summed E-state index contributed by atoms with van der Waals surface area (Å²) in [5.41, 5.74) is 8.21. The lowest BCUT2D eigenvalue weighted by Crippen LogP contribution is -2.12. The molecule has 0 unspecified atom stereocenters. The molecule has 0 amide bonds. The van der Waals surface area contributed by atoms with E-state index in [4.69, 9.17) is 10.5 Å². The van der Waals surface area contributed by atoms with Crippen LogP contribution < -0.4 is 11.1 Å². The van der Waals surface area contributed by atoms with Gasteiger partial charge in [-0.05, 0) is 24.3 Å². The van der Waals surface area contributed by atoms with Gasteiger partial charge in [0.25, 0.3) is 0 Å². The van der Waals surface area contributed by atoms with E-state index in [1.807, 2.05) is 60.7 Å². The topological polar surface area (TPSA) is 121 Å². The van der Waals surface area contributed by atoms with Crippen LogP contribution in [-0.4, -0.2) is 30.7 Å². The minimum atomic E-state index is -0.417. The van der Waals surface area contributed by atoms with E-state index in [1.165, 1.54) is 0 Å². The summed E-state index contributed by atoms with van der Waals surface area (Å²) in [6.07, 6.45) is 3.51. The summed E-state index contributed by atoms with van der Waals surface area (Å²) >= 11 is 0. The van der Waals surface area contributed by atoms with Crippen molar-refractivity contribution < 1.29 is 9.53 Å². The van der Waals surface area contributed by atoms with E-state index in [9.17, 15) is 4.79 Å². The monoisotopic (exact) mass is 401 g/mol. The Morgan fingerprint density at radius 3 is 2.50 bits per heavy atom. The van der Waals surface area contributed by atoms with Crippen LogP contribution in [0.4, 0.5) is 17.6 Å². The molecule has 4 rings (SSSR count). The second-order valence-corrected chi connectivity index (χ2v) is 6.39. The van der Waals surface area contributed by atoms with Crippen LogP contribution in [0.25, 0.3) is 5.69 Å². The van der Waals surface area contributed by atoms with Gasteiger partial charge in [-0.3, -0.25) is 4.79 Å². The number of benzene rings is 2. The minimum Gasteiger partial charge on any atom is -0.457 e. The fourth-order valence-corrected chi connectivity index (χ4v) is 2.75. The molecule has 0 spiro atoms. The number of rotatable bonds is 7. The van der Waals surface area contributed by atoms with Gasteiger partial charge in [0, 0.05) is 17.4 Å². The van der Waals surface area contributed by atoms with Gasteiger partial charge in [-0.1, -0.05) is 36.4 Å². The third kappa shape index (κ3) is 4.96. The quantitative estimate of drug-likeness (QED) is 0.454. The SMILES string of the molecule is Nc1nc(COC(=O)Cc2cnn(-c3ccccc3)c2)nc(Nc2ccccc2)n1. The summed E-state index contributed by atoms with van der Waals surface area (Å²) in [6.45, 7) is -0.109. The first-order valence-corrected chi connectivity index (χ1v) is 9.23. The van der Waals surface area contributed by atoms with E-state index in [-0.39, 0.29) is 30.7 Å². The number of nitrogens with one attached hydrogen (secondary N) is 1. The zero-order valence-corrected chi connectivity index (χ0v) is 16.0. The van der Waals surface area contributed by atoms with Gasteiger partial charge in [-0.25, -0.2) is 4.68 Å². The van der Waals surface area contributed by atoms with Crippen molar-refractivity contribution >= 4 is 23.6 Å². The fourth-order valence-electron chi connectivity index (χ4n) is 2.75.